The van der Waals surface area contributed by atoms with Gasteiger partial charge in [0.2, 0.25) is 0 Å². The van der Waals surface area contributed by atoms with Gasteiger partial charge in [0.05, 0.1) is 5.56 Å². The van der Waals surface area contributed by atoms with Crippen molar-refractivity contribution in [1.29, 1.82) is 0 Å². The Morgan fingerprint density at radius 2 is 2.19 bits per heavy atom. The largest absolute Gasteiger partial charge is 0.307 e. The summed E-state index contributed by atoms with van der Waals surface area (Å²) in [5.74, 6) is 0.472. The van der Waals surface area contributed by atoms with Gasteiger partial charge in [-0.25, -0.2) is 4.98 Å². The van der Waals surface area contributed by atoms with Gasteiger partial charge in [0.25, 0.3) is 5.91 Å². The molecule has 4 heteroatoms. The molecule has 0 radical (unpaired) electrons. The number of hydrogen-bond acceptors (Lipinski definition) is 3. The van der Waals surface area contributed by atoms with Crippen LogP contribution >= 0.6 is 11.3 Å². The quantitative estimate of drug-likeness (QED) is 0.864. The van der Waals surface area contributed by atoms with E-state index in [0.717, 1.165) is 10.4 Å². The number of thiophene rings is 1. The highest BCUT2D eigenvalue weighted by Crippen LogP contribution is 2.14. The molecular formula is C12H12N2OS. The van der Waals surface area contributed by atoms with E-state index in [1.54, 1.807) is 23.6 Å². The maximum Gasteiger partial charge on any atom is 0.257 e. The molecule has 0 saturated heterocycles. The molecule has 2 aromatic rings. The highest BCUT2D eigenvalue weighted by Gasteiger charge is 2.07. The van der Waals surface area contributed by atoms with Crippen LogP contribution in [0.15, 0.2) is 29.8 Å². The minimum Gasteiger partial charge on any atom is -0.307 e. The molecule has 2 rings (SSSR count). The van der Waals surface area contributed by atoms with Crippen LogP contribution in [0.4, 0.5) is 5.82 Å². The van der Waals surface area contributed by atoms with Crippen LogP contribution in [0.2, 0.25) is 0 Å². The number of nitrogens with zero attached hydrogens (tertiary/aromatic N) is 1. The van der Waals surface area contributed by atoms with Crippen molar-refractivity contribution in [2.75, 3.05) is 5.32 Å². The highest BCUT2D eigenvalue weighted by molar-refractivity contribution is 7.10. The van der Waals surface area contributed by atoms with E-state index in [1.807, 2.05) is 31.4 Å². The van der Waals surface area contributed by atoms with Gasteiger partial charge < -0.3 is 5.32 Å². The number of carbonyl (C=O) groups is 1. The molecular weight excluding hydrogens is 220 g/mol. The summed E-state index contributed by atoms with van der Waals surface area (Å²) >= 11 is 1.56. The Kier molecular flexibility index (Phi) is 3.01. The summed E-state index contributed by atoms with van der Waals surface area (Å²) < 4.78 is 0. The molecule has 1 N–H and O–H groups in total. The number of pyridine rings is 1. The molecule has 0 fully saturated rings. The second kappa shape index (κ2) is 4.45. The summed E-state index contributed by atoms with van der Waals surface area (Å²) in [6, 6.07) is 5.59. The molecule has 1 amide bonds. The first kappa shape index (κ1) is 10.8. The third-order valence-electron chi connectivity index (χ3n) is 2.15. The summed E-state index contributed by atoms with van der Waals surface area (Å²) in [4.78, 5) is 17.0. The molecule has 0 atom stereocenters. The number of rotatable bonds is 2. The second-order valence-corrected chi connectivity index (χ2v) is 4.74. The Bertz CT molecular complexity index is 502. The van der Waals surface area contributed by atoms with Gasteiger partial charge in [0.1, 0.15) is 5.82 Å². The lowest BCUT2D eigenvalue weighted by Gasteiger charge is -2.02. The first-order valence-corrected chi connectivity index (χ1v) is 5.82. The van der Waals surface area contributed by atoms with Crippen molar-refractivity contribution in [2.24, 2.45) is 0 Å². The van der Waals surface area contributed by atoms with Crippen molar-refractivity contribution < 1.29 is 4.79 Å². The number of nitrogens with one attached hydrogen (secondary N) is 1. The van der Waals surface area contributed by atoms with Crippen LogP contribution in [0.3, 0.4) is 0 Å². The maximum absolute atomic E-state index is 11.8. The highest BCUT2D eigenvalue weighted by atomic mass is 32.1. The molecule has 0 spiro atoms. The normalized spacial score (nSPS) is 10.1. The van der Waals surface area contributed by atoms with Crippen LogP contribution in [0, 0.1) is 13.8 Å². The average molecular weight is 232 g/mol. The zero-order valence-electron chi connectivity index (χ0n) is 9.15. The first-order valence-electron chi connectivity index (χ1n) is 4.94. The van der Waals surface area contributed by atoms with Gasteiger partial charge in [-0.05, 0) is 31.5 Å². The predicted octanol–water partition coefficient (Wildman–Crippen LogP) is 3.01. The smallest absolute Gasteiger partial charge is 0.257 e. The molecule has 0 aromatic carbocycles. The third-order valence-corrected chi connectivity index (χ3v) is 3.01. The lowest BCUT2D eigenvalue weighted by atomic mass is 10.3. The summed E-state index contributed by atoms with van der Waals surface area (Å²) in [5, 5.41) is 4.60. The molecule has 0 aliphatic rings. The zero-order valence-corrected chi connectivity index (χ0v) is 9.97. The zero-order chi connectivity index (χ0) is 11.5. The molecule has 0 aliphatic heterocycles. The van der Waals surface area contributed by atoms with Crippen LogP contribution in [0.25, 0.3) is 0 Å². The van der Waals surface area contributed by atoms with Crippen molar-refractivity contribution in [3.63, 3.8) is 0 Å². The van der Waals surface area contributed by atoms with E-state index >= 15 is 0 Å². The molecule has 82 valence electrons. The van der Waals surface area contributed by atoms with Gasteiger partial charge in [-0.1, -0.05) is 6.07 Å². The predicted molar refractivity (Wildman–Crippen MR) is 66.0 cm³/mol. The SMILES string of the molecule is Cc1ccc(NC(=O)c2csc(C)c2)nc1. The number of amides is 1. The van der Waals surface area contributed by atoms with E-state index < -0.39 is 0 Å². The molecule has 0 saturated carbocycles. The standard InChI is InChI=1S/C12H12N2OS/c1-8-3-4-11(13-6-8)14-12(15)10-5-9(2)16-7-10/h3-7H,1-2H3,(H,13,14,15). The Hall–Kier alpha value is -1.68. The van der Waals surface area contributed by atoms with E-state index in [-0.39, 0.29) is 5.91 Å². The molecule has 0 aliphatic carbocycles. The Morgan fingerprint density at radius 1 is 1.38 bits per heavy atom. The van der Waals surface area contributed by atoms with Crippen LogP contribution in [-0.4, -0.2) is 10.9 Å². The van der Waals surface area contributed by atoms with Gasteiger partial charge in [0.15, 0.2) is 0 Å². The Balaban J connectivity index is 2.10. The van der Waals surface area contributed by atoms with Crippen molar-refractivity contribution in [1.82, 2.24) is 4.98 Å². The van der Waals surface area contributed by atoms with Gasteiger partial charge >= 0.3 is 0 Å². The van der Waals surface area contributed by atoms with Gasteiger partial charge in [-0.15, -0.1) is 11.3 Å². The number of aromatic nitrogens is 1. The minimum absolute atomic E-state index is 0.110. The number of aryl methyl sites for hydroxylation is 2. The lowest BCUT2D eigenvalue weighted by Crippen LogP contribution is -2.11. The molecule has 2 aromatic heterocycles. The van der Waals surface area contributed by atoms with Crippen molar-refractivity contribution in [3.8, 4) is 0 Å². The van der Waals surface area contributed by atoms with Crippen LogP contribution in [-0.2, 0) is 0 Å². The van der Waals surface area contributed by atoms with Crippen LogP contribution < -0.4 is 5.32 Å². The van der Waals surface area contributed by atoms with Crippen molar-refractivity contribution >= 4 is 23.1 Å². The van der Waals surface area contributed by atoms with Crippen LogP contribution in [0.1, 0.15) is 20.8 Å². The molecule has 3 nitrogen and oxygen atoms in total. The topological polar surface area (TPSA) is 42.0 Å². The fourth-order valence-electron chi connectivity index (χ4n) is 1.29. The van der Waals surface area contributed by atoms with Crippen LogP contribution in [0.5, 0.6) is 0 Å². The summed E-state index contributed by atoms with van der Waals surface area (Å²) in [5.41, 5.74) is 1.76. The number of carbonyl (C=O) groups excluding carboxylic acids is 1. The van der Waals surface area contributed by atoms with E-state index in [2.05, 4.69) is 10.3 Å². The maximum atomic E-state index is 11.8. The second-order valence-electron chi connectivity index (χ2n) is 3.62. The van der Waals surface area contributed by atoms with E-state index in [1.165, 1.54) is 0 Å². The lowest BCUT2D eigenvalue weighted by molar-refractivity contribution is 0.102. The number of anilines is 1. The summed E-state index contributed by atoms with van der Waals surface area (Å²) in [6.45, 7) is 3.94. The first-order chi connectivity index (χ1) is 7.65. The number of hydrogen-bond donors (Lipinski definition) is 1. The molecule has 0 unspecified atom stereocenters. The fourth-order valence-corrected chi connectivity index (χ4v) is 1.98. The monoisotopic (exact) mass is 232 g/mol. The average Bonchev–Trinajstić information content (AvgIpc) is 2.68. The minimum atomic E-state index is -0.110. The molecule has 0 bridgehead atoms. The summed E-state index contributed by atoms with van der Waals surface area (Å²) in [6.07, 6.45) is 1.73. The van der Waals surface area contributed by atoms with Crippen molar-refractivity contribution in [2.45, 2.75) is 13.8 Å². The fraction of sp³-hybridized carbons (Fsp3) is 0.167. The Morgan fingerprint density at radius 3 is 2.75 bits per heavy atom. The summed E-state index contributed by atoms with van der Waals surface area (Å²) in [7, 11) is 0. The molecule has 16 heavy (non-hydrogen) atoms. The van der Waals surface area contributed by atoms with Gasteiger partial charge in [0, 0.05) is 16.5 Å². The van der Waals surface area contributed by atoms with Crippen molar-refractivity contribution in [3.05, 3.63) is 45.8 Å². The molecule has 2 heterocycles. The Labute approximate surface area is 98.2 Å². The van der Waals surface area contributed by atoms with E-state index in [0.29, 0.717) is 11.4 Å². The van der Waals surface area contributed by atoms with E-state index in [4.69, 9.17) is 0 Å². The van der Waals surface area contributed by atoms with E-state index in [9.17, 15) is 4.79 Å². The van der Waals surface area contributed by atoms with Gasteiger partial charge in [-0.2, -0.15) is 0 Å². The third kappa shape index (κ3) is 2.46. The van der Waals surface area contributed by atoms with Gasteiger partial charge in [-0.3, -0.25) is 4.79 Å².